The summed E-state index contributed by atoms with van der Waals surface area (Å²) in [7, 11) is 0. The maximum absolute atomic E-state index is 12.4. The number of hydrogen-bond acceptors (Lipinski definition) is 6. The third-order valence-electron chi connectivity index (χ3n) is 5.40. The molecule has 0 bridgehead atoms. The van der Waals surface area contributed by atoms with Gasteiger partial charge < -0.3 is 14.2 Å². The van der Waals surface area contributed by atoms with Crippen molar-refractivity contribution in [3.05, 3.63) is 125 Å². The van der Waals surface area contributed by atoms with Crippen molar-refractivity contribution in [3.63, 3.8) is 0 Å². The van der Waals surface area contributed by atoms with Crippen molar-refractivity contribution in [1.82, 2.24) is 5.43 Å². The first-order chi connectivity index (χ1) is 18.6. The summed E-state index contributed by atoms with van der Waals surface area (Å²) in [4.78, 5) is 24.8. The lowest BCUT2D eigenvalue weighted by molar-refractivity contribution is 0.0734. The highest BCUT2D eigenvalue weighted by Gasteiger charge is 2.09. The van der Waals surface area contributed by atoms with E-state index in [-0.39, 0.29) is 5.91 Å². The smallest absolute Gasteiger partial charge is 0.343 e. The first-order valence-electron chi connectivity index (χ1n) is 12.3. The fraction of sp³-hybridized carbons (Fsp3) is 0.129. The van der Waals surface area contributed by atoms with Gasteiger partial charge in [0.1, 0.15) is 23.9 Å². The number of carbonyl (C=O) groups is 2. The molecule has 0 fully saturated rings. The van der Waals surface area contributed by atoms with E-state index in [4.69, 9.17) is 14.2 Å². The van der Waals surface area contributed by atoms with E-state index >= 15 is 0 Å². The highest BCUT2D eigenvalue weighted by atomic mass is 16.5. The summed E-state index contributed by atoms with van der Waals surface area (Å²) in [6, 6.07) is 30.3. The zero-order valence-electron chi connectivity index (χ0n) is 21.0. The van der Waals surface area contributed by atoms with E-state index in [9.17, 15) is 9.59 Å². The first-order valence-corrected chi connectivity index (χ1v) is 12.3. The fourth-order valence-electron chi connectivity index (χ4n) is 3.37. The minimum atomic E-state index is -0.461. The molecular weight excluding hydrogens is 480 g/mol. The Morgan fingerprint density at radius 2 is 1.34 bits per heavy atom. The van der Waals surface area contributed by atoms with Gasteiger partial charge in [0.25, 0.3) is 5.91 Å². The van der Waals surface area contributed by atoms with Crippen LogP contribution in [0.2, 0.25) is 0 Å². The summed E-state index contributed by atoms with van der Waals surface area (Å²) in [5.74, 6) is 0.985. The van der Waals surface area contributed by atoms with Gasteiger partial charge >= 0.3 is 5.97 Å². The first kappa shape index (κ1) is 26.2. The van der Waals surface area contributed by atoms with Gasteiger partial charge in [-0.3, -0.25) is 4.79 Å². The molecule has 4 rings (SSSR count). The summed E-state index contributed by atoms with van der Waals surface area (Å²) >= 11 is 0. The second-order valence-electron chi connectivity index (χ2n) is 8.33. The number of rotatable bonds is 11. The van der Waals surface area contributed by atoms with Crippen LogP contribution in [0, 0.1) is 0 Å². The zero-order valence-corrected chi connectivity index (χ0v) is 21.0. The van der Waals surface area contributed by atoms with Gasteiger partial charge in [-0.15, -0.1) is 0 Å². The molecule has 0 saturated heterocycles. The van der Waals surface area contributed by atoms with Crippen molar-refractivity contribution in [2.45, 2.75) is 20.0 Å². The molecule has 0 aliphatic carbocycles. The second-order valence-corrected chi connectivity index (χ2v) is 8.33. The highest BCUT2D eigenvalue weighted by molar-refractivity contribution is 5.95. The number of nitrogens with zero attached hydrogens (tertiary/aromatic N) is 1. The number of benzene rings is 4. The Balaban J connectivity index is 1.23. The maximum atomic E-state index is 12.4. The molecular formula is C31H28N2O5. The Morgan fingerprint density at radius 1 is 0.737 bits per heavy atom. The molecule has 192 valence electrons. The number of hydrazone groups is 1. The number of amides is 1. The topological polar surface area (TPSA) is 86.2 Å². The van der Waals surface area contributed by atoms with Gasteiger partial charge in [0.2, 0.25) is 0 Å². The molecule has 0 radical (unpaired) electrons. The molecule has 4 aromatic rings. The number of nitrogens with one attached hydrogen (secondary N) is 1. The summed E-state index contributed by atoms with van der Waals surface area (Å²) in [5.41, 5.74) is 5.19. The summed E-state index contributed by atoms with van der Waals surface area (Å²) < 4.78 is 16.7. The van der Waals surface area contributed by atoms with Crippen molar-refractivity contribution in [3.8, 4) is 17.2 Å². The lowest BCUT2D eigenvalue weighted by atomic mass is 10.2. The molecule has 1 N–H and O–H groups in total. The van der Waals surface area contributed by atoms with Crippen LogP contribution in [0.5, 0.6) is 17.2 Å². The van der Waals surface area contributed by atoms with Crippen molar-refractivity contribution < 1.29 is 23.8 Å². The lowest BCUT2D eigenvalue weighted by Gasteiger charge is -2.07. The zero-order chi connectivity index (χ0) is 26.6. The van der Waals surface area contributed by atoms with Gasteiger partial charge in [-0.25, -0.2) is 10.2 Å². The van der Waals surface area contributed by atoms with Crippen LogP contribution in [0.15, 0.2) is 108 Å². The quantitative estimate of drug-likeness (QED) is 0.116. The van der Waals surface area contributed by atoms with E-state index in [1.807, 2.05) is 37.3 Å². The number of ether oxygens (including phenoxy) is 3. The molecule has 0 atom stereocenters. The number of hydrogen-bond donors (Lipinski definition) is 1. The van der Waals surface area contributed by atoms with Crippen LogP contribution in [-0.2, 0) is 6.61 Å². The third kappa shape index (κ3) is 7.80. The Labute approximate surface area is 221 Å². The van der Waals surface area contributed by atoms with E-state index in [0.29, 0.717) is 41.6 Å². The molecule has 7 nitrogen and oxygen atoms in total. The Bertz CT molecular complexity index is 1350. The van der Waals surface area contributed by atoms with E-state index < -0.39 is 5.97 Å². The van der Waals surface area contributed by atoms with Crippen molar-refractivity contribution in [2.75, 3.05) is 6.61 Å². The standard InChI is InChI=1S/C31H28N2O5/c1-2-20-36-27-18-12-26(13-19-27)31(35)38-29-14-8-23(9-15-29)21-32-33-30(34)25-10-16-28(17-11-25)37-22-24-6-4-3-5-7-24/h3-19,21H,2,20,22H2,1H3,(H,33,34)/b32-21+. The average Bonchev–Trinajstić information content (AvgIpc) is 2.97. The Hall–Kier alpha value is -4.91. The van der Waals surface area contributed by atoms with E-state index in [0.717, 1.165) is 17.5 Å². The van der Waals surface area contributed by atoms with Crippen LogP contribution in [0.1, 0.15) is 45.2 Å². The van der Waals surface area contributed by atoms with E-state index in [1.165, 1.54) is 6.21 Å². The van der Waals surface area contributed by atoms with Gasteiger partial charge in [0, 0.05) is 5.56 Å². The average molecular weight is 509 g/mol. The number of esters is 1. The minimum absolute atomic E-state index is 0.340. The second kappa shape index (κ2) is 13.4. The predicted molar refractivity (Wildman–Crippen MR) is 146 cm³/mol. The molecule has 0 aliphatic heterocycles. The SMILES string of the molecule is CCCOc1ccc(C(=O)Oc2ccc(/C=N/NC(=O)c3ccc(OCc4ccccc4)cc3)cc2)cc1. The number of carbonyl (C=O) groups excluding carboxylic acids is 2. The van der Waals surface area contributed by atoms with Crippen LogP contribution in [-0.4, -0.2) is 24.7 Å². The highest BCUT2D eigenvalue weighted by Crippen LogP contribution is 2.17. The predicted octanol–water partition coefficient (Wildman–Crippen LogP) is 6.04. The normalized spacial score (nSPS) is 10.7. The molecule has 0 unspecified atom stereocenters. The van der Waals surface area contributed by atoms with Gasteiger partial charge in [0.05, 0.1) is 18.4 Å². The largest absolute Gasteiger partial charge is 0.494 e. The maximum Gasteiger partial charge on any atom is 0.343 e. The van der Waals surface area contributed by atoms with Crippen molar-refractivity contribution in [1.29, 1.82) is 0 Å². The van der Waals surface area contributed by atoms with Crippen LogP contribution in [0.4, 0.5) is 0 Å². The van der Waals surface area contributed by atoms with E-state index in [2.05, 4.69) is 10.5 Å². The van der Waals surface area contributed by atoms with Gasteiger partial charge in [-0.1, -0.05) is 37.3 Å². The molecule has 0 heterocycles. The molecule has 0 spiro atoms. The Kier molecular flexibility index (Phi) is 9.23. The van der Waals surface area contributed by atoms with Crippen LogP contribution in [0.3, 0.4) is 0 Å². The summed E-state index contributed by atoms with van der Waals surface area (Å²) in [6.45, 7) is 3.11. The molecule has 1 amide bonds. The Morgan fingerprint density at radius 3 is 2.00 bits per heavy atom. The molecule has 0 saturated carbocycles. The molecule has 7 heteroatoms. The van der Waals surface area contributed by atoms with Crippen molar-refractivity contribution >= 4 is 18.1 Å². The van der Waals surface area contributed by atoms with Crippen molar-refractivity contribution in [2.24, 2.45) is 5.10 Å². The molecule has 0 aliphatic rings. The molecule has 38 heavy (non-hydrogen) atoms. The monoisotopic (exact) mass is 508 g/mol. The van der Waals surface area contributed by atoms with Crippen LogP contribution in [0.25, 0.3) is 0 Å². The third-order valence-corrected chi connectivity index (χ3v) is 5.40. The van der Waals surface area contributed by atoms with Gasteiger partial charge in [-0.05, 0) is 90.3 Å². The van der Waals surface area contributed by atoms with Crippen LogP contribution >= 0.6 is 0 Å². The minimum Gasteiger partial charge on any atom is -0.494 e. The van der Waals surface area contributed by atoms with Gasteiger partial charge in [-0.2, -0.15) is 5.10 Å². The van der Waals surface area contributed by atoms with E-state index in [1.54, 1.807) is 72.8 Å². The summed E-state index contributed by atoms with van der Waals surface area (Å²) in [5, 5.41) is 4.01. The lowest BCUT2D eigenvalue weighted by Crippen LogP contribution is -2.17. The summed E-state index contributed by atoms with van der Waals surface area (Å²) in [6.07, 6.45) is 2.42. The van der Waals surface area contributed by atoms with Gasteiger partial charge in [0.15, 0.2) is 0 Å². The van der Waals surface area contributed by atoms with Crippen LogP contribution < -0.4 is 19.6 Å². The molecule has 4 aromatic carbocycles. The molecule has 0 aromatic heterocycles. The fourth-order valence-corrected chi connectivity index (χ4v) is 3.37.